The van der Waals surface area contributed by atoms with Gasteiger partial charge < -0.3 is 25.0 Å². The summed E-state index contributed by atoms with van der Waals surface area (Å²) in [5.74, 6) is 0.345. The molecule has 2 N–H and O–H groups in total. The molecule has 3 heterocycles. The number of hydrogen-bond acceptors (Lipinski definition) is 6. The number of amides is 3. The van der Waals surface area contributed by atoms with Crippen LogP contribution in [0.25, 0.3) is 21.9 Å². The fourth-order valence-corrected chi connectivity index (χ4v) is 5.51. The first-order chi connectivity index (χ1) is 20.7. The molecule has 222 valence electrons. The summed E-state index contributed by atoms with van der Waals surface area (Å²) >= 11 is 0. The summed E-state index contributed by atoms with van der Waals surface area (Å²) in [5.41, 5.74) is 5.70. The van der Waals surface area contributed by atoms with E-state index in [2.05, 4.69) is 54.5 Å². The number of aromatic nitrogens is 1. The Bertz CT molecular complexity index is 1670. The highest BCUT2D eigenvalue weighted by molar-refractivity contribution is 6.10. The van der Waals surface area contributed by atoms with E-state index in [0.29, 0.717) is 22.8 Å². The zero-order chi connectivity index (χ0) is 30.1. The van der Waals surface area contributed by atoms with E-state index in [9.17, 15) is 9.59 Å². The first kappa shape index (κ1) is 28.6. The molecule has 6 rings (SSSR count). The van der Waals surface area contributed by atoms with Crippen molar-refractivity contribution in [3.8, 4) is 16.9 Å². The van der Waals surface area contributed by atoms with Gasteiger partial charge >= 0.3 is 6.03 Å². The van der Waals surface area contributed by atoms with Gasteiger partial charge in [-0.15, -0.1) is 0 Å². The number of rotatable bonds is 5. The molecular formula is C34H37N5O4. The molecule has 0 bridgehead atoms. The molecule has 9 heteroatoms. The number of urea groups is 1. The Morgan fingerprint density at radius 2 is 1.70 bits per heavy atom. The molecule has 0 saturated carbocycles. The lowest BCUT2D eigenvalue weighted by Gasteiger charge is -2.30. The third-order valence-electron chi connectivity index (χ3n) is 8.06. The number of pyridine rings is 1. The van der Waals surface area contributed by atoms with Gasteiger partial charge in [0.1, 0.15) is 0 Å². The molecule has 1 aromatic heterocycles. The highest BCUT2D eigenvalue weighted by Crippen LogP contribution is 2.42. The van der Waals surface area contributed by atoms with E-state index >= 15 is 0 Å². The molecule has 3 aromatic carbocycles. The zero-order valence-electron chi connectivity index (χ0n) is 25.1. The molecule has 9 nitrogen and oxygen atoms in total. The number of nitrogens with zero attached hydrogens (tertiary/aromatic N) is 3. The minimum absolute atomic E-state index is 0.0795. The molecule has 43 heavy (non-hydrogen) atoms. The van der Waals surface area contributed by atoms with Gasteiger partial charge in [-0.2, -0.15) is 0 Å². The lowest BCUT2D eigenvalue weighted by molar-refractivity contribution is -0.120. The molecule has 0 spiro atoms. The molecule has 0 atom stereocenters. The zero-order valence-corrected chi connectivity index (χ0v) is 25.1. The Balaban J connectivity index is 1.25. The van der Waals surface area contributed by atoms with Gasteiger partial charge in [0.25, 0.3) is 5.91 Å². The fourth-order valence-electron chi connectivity index (χ4n) is 5.51. The van der Waals surface area contributed by atoms with Crippen molar-refractivity contribution in [1.82, 2.24) is 9.88 Å². The summed E-state index contributed by atoms with van der Waals surface area (Å²) in [5, 5.41) is 7.95. The summed E-state index contributed by atoms with van der Waals surface area (Å²) in [6, 6.07) is 19.6. The first-order valence-corrected chi connectivity index (χ1v) is 14.6. The van der Waals surface area contributed by atoms with Crippen LogP contribution in [0.4, 0.5) is 21.9 Å². The maximum atomic E-state index is 13.4. The lowest BCUT2D eigenvalue weighted by Crippen LogP contribution is -2.36. The molecule has 0 unspecified atom stereocenters. The molecule has 0 radical (unpaired) electrons. The number of likely N-dealkylation sites (N-methyl/N-ethyl adjacent to an activating group) is 1. The van der Waals surface area contributed by atoms with Gasteiger partial charge in [0.2, 0.25) is 0 Å². The van der Waals surface area contributed by atoms with Crippen molar-refractivity contribution in [2.24, 2.45) is 0 Å². The van der Waals surface area contributed by atoms with Crippen LogP contribution in [0.15, 0.2) is 66.9 Å². The lowest BCUT2D eigenvalue weighted by atomic mass is 9.86. The maximum Gasteiger partial charge on any atom is 0.323 e. The van der Waals surface area contributed by atoms with Crippen molar-refractivity contribution in [3.63, 3.8) is 0 Å². The number of morpholine rings is 1. The molecule has 2 aliphatic heterocycles. The van der Waals surface area contributed by atoms with Crippen LogP contribution in [0.1, 0.15) is 32.0 Å². The van der Waals surface area contributed by atoms with Crippen LogP contribution in [0.2, 0.25) is 0 Å². The minimum atomic E-state index is -0.400. The van der Waals surface area contributed by atoms with Crippen LogP contribution in [0, 0.1) is 0 Å². The van der Waals surface area contributed by atoms with E-state index in [1.807, 2.05) is 48.7 Å². The van der Waals surface area contributed by atoms with Gasteiger partial charge in [0.05, 0.1) is 36.0 Å². The van der Waals surface area contributed by atoms with Crippen molar-refractivity contribution in [1.29, 1.82) is 0 Å². The molecular weight excluding hydrogens is 542 g/mol. The summed E-state index contributed by atoms with van der Waals surface area (Å²) in [4.78, 5) is 34.4. The molecule has 1 saturated heterocycles. The van der Waals surface area contributed by atoms with Gasteiger partial charge in [-0.1, -0.05) is 57.2 Å². The quantitative estimate of drug-likeness (QED) is 0.300. The Morgan fingerprint density at radius 1 is 0.953 bits per heavy atom. The third kappa shape index (κ3) is 6.04. The second-order valence-electron chi connectivity index (χ2n) is 12.1. The molecule has 3 amide bonds. The monoisotopic (exact) mass is 579 g/mol. The van der Waals surface area contributed by atoms with Crippen molar-refractivity contribution in [3.05, 3.63) is 78.1 Å². The minimum Gasteiger partial charge on any atom is -0.479 e. The fraction of sp³-hybridized carbons (Fsp3) is 0.324. The van der Waals surface area contributed by atoms with Crippen molar-refractivity contribution >= 4 is 39.8 Å². The van der Waals surface area contributed by atoms with Crippen LogP contribution in [-0.2, 0) is 21.5 Å². The van der Waals surface area contributed by atoms with E-state index in [-0.39, 0.29) is 17.9 Å². The molecule has 4 aromatic rings. The third-order valence-corrected chi connectivity index (χ3v) is 8.06. The SMILES string of the molecule is CN1C(=O)COc2c(NC(=O)Nc3ccc(-c4ccc(CN5CCOCC5)nc4)c4ccccc34)cc(C(C)(C)C)cc21. The van der Waals surface area contributed by atoms with Gasteiger partial charge in [-0.25, -0.2) is 4.79 Å². The number of nitrogens with one attached hydrogen (secondary N) is 2. The Hall–Kier alpha value is -4.47. The predicted octanol–water partition coefficient (Wildman–Crippen LogP) is 6.03. The van der Waals surface area contributed by atoms with E-state index in [1.54, 1.807) is 11.9 Å². The largest absolute Gasteiger partial charge is 0.479 e. The number of carbonyl (C=O) groups excluding carboxylic acids is 2. The van der Waals surface area contributed by atoms with Crippen LogP contribution in [-0.4, -0.2) is 61.8 Å². The van der Waals surface area contributed by atoms with E-state index in [1.165, 1.54) is 0 Å². The topological polar surface area (TPSA) is 96.0 Å². The van der Waals surface area contributed by atoms with Crippen LogP contribution < -0.4 is 20.3 Å². The van der Waals surface area contributed by atoms with Crippen LogP contribution >= 0.6 is 0 Å². The van der Waals surface area contributed by atoms with Gasteiger partial charge in [0.15, 0.2) is 12.4 Å². The van der Waals surface area contributed by atoms with E-state index in [4.69, 9.17) is 14.5 Å². The van der Waals surface area contributed by atoms with Crippen molar-refractivity contribution in [2.75, 3.05) is 55.5 Å². The first-order valence-electron chi connectivity index (χ1n) is 14.6. The highest BCUT2D eigenvalue weighted by atomic mass is 16.5. The Morgan fingerprint density at radius 3 is 2.42 bits per heavy atom. The van der Waals surface area contributed by atoms with E-state index in [0.717, 1.165) is 66.0 Å². The van der Waals surface area contributed by atoms with Gasteiger partial charge in [0, 0.05) is 43.8 Å². The molecule has 1 fully saturated rings. The second kappa shape index (κ2) is 11.7. The normalized spacial score (nSPS) is 15.6. The van der Waals surface area contributed by atoms with E-state index < -0.39 is 6.03 Å². The van der Waals surface area contributed by atoms with Crippen LogP contribution in [0.5, 0.6) is 5.75 Å². The van der Waals surface area contributed by atoms with Crippen molar-refractivity contribution in [2.45, 2.75) is 32.7 Å². The predicted molar refractivity (Wildman–Crippen MR) is 170 cm³/mol. The van der Waals surface area contributed by atoms with Gasteiger partial charge in [-0.3, -0.25) is 14.7 Å². The number of fused-ring (bicyclic) bond motifs is 2. The smallest absolute Gasteiger partial charge is 0.323 e. The average Bonchev–Trinajstić information content (AvgIpc) is 3.00. The summed E-state index contributed by atoms with van der Waals surface area (Å²) in [7, 11) is 1.72. The Labute approximate surface area is 251 Å². The number of carbonyl (C=O) groups is 2. The summed E-state index contributed by atoms with van der Waals surface area (Å²) in [6.45, 7) is 10.4. The molecule has 0 aliphatic carbocycles. The van der Waals surface area contributed by atoms with Crippen LogP contribution in [0.3, 0.4) is 0 Å². The maximum absolute atomic E-state index is 13.4. The number of hydrogen-bond donors (Lipinski definition) is 2. The summed E-state index contributed by atoms with van der Waals surface area (Å²) in [6.07, 6.45) is 1.92. The number of benzene rings is 3. The average molecular weight is 580 g/mol. The summed E-state index contributed by atoms with van der Waals surface area (Å²) < 4.78 is 11.2. The van der Waals surface area contributed by atoms with Crippen molar-refractivity contribution < 1.29 is 19.1 Å². The number of ether oxygens (including phenoxy) is 2. The molecule has 2 aliphatic rings. The second-order valence-corrected chi connectivity index (χ2v) is 12.1. The standard InChI is InChI=1S/C34H37N5O4/c1-34(2,3)23-17-29(32-30(18-23)38(4)31(40)21-43-32)37-33(41)36-28-12-11-25(26-7-5-6-8-27(26)28)22-9-10-24(35-19-22)20-39-13-15-42-16-14-39/h5-12,17-19H,13-16,20-21H2,1-4H3,(H2,36,37,41). The Kier molecular flexibility index (Phi) is 7.77. The van der Waals surface area contributed by atoms with Gasteiger partial charge in [-0.05, 0) is 46.2 Å². The highest BCUT2D eigenvalue weighted by Gasteiger charge is 2.29. The number of anilines is 3.